The average molecular weight is 912 g/mol. The second-order valence-electron chi connectivity index (χ2n) is 19.1. The first kappa shape index (κ1) is 62.0. The van der Waals surface area contributed by atoms with E-state index in [4.69, 9.17) is 14.2 Å². The third-order valence-electron chi connectivity index (χ3n) is 11.9. The van der Waals surface area contributed by atoms with Crippen molar-refractivity contribution in [3.05, 3.63) is 60.8 Å². The number of likely N-dealkylation sites (N-methyl/N-ethyl adjacent to an activating group) is 1. The molecular weight excluding hydrogens is 811 g/mol. The molecule has 0 aliphatic carbocycles. The van der Waals surface area contributed by atoms with Crippen molar-refractivity contribution in [1.29, 1.82) is 0 Å². The van der Waals surface area contributed by atoms with Crippen molar-refractivity contribution in [3.63, 3.8) is 0 Å². The second-order valence-corrected chi connectivity index (χ2v) is 19.1. The summed E-state index contributed by atoms with van der Waals surface area (Å²) >= 11 is 0. The first-order valence-electron chi connectivity index (χ1n) is 26.8. The Balaban J connectivity index is 4.23. The van der Waals surface area contributed by atoms with Crippen LogP contribution in [0.5, 0.6) is 0 Å². The van der Waals surface area contributed by atoms with Crippen LogP contribution in [0.4, 0.5) is 0 Å². The molecule has 0 spiro atoms. The normalized spacial score (nSPS) is 13.3. The zero-order valence-corrected chi connectivity index (χ0v) is 42.9. The fourth-order valence-corrected chi connectivity index (χ4v) is 7.72. The molecule has 8 nitrogen and oxygen atoms in total. The fraction of sp³-hybridized carbons (Fsp3) is 0.772. The number of carboxylic acid groups (broad SMARTS) is 1. The zero-order valence-electron chi connectivity index (χ0n) is 42.9. The number of ether oxygens (including phenoxy) is 3. The third-order valence-corrected chi connectivity index (χ3v) is 11.9. The fourth-order valence-electron chi connectivity index (χ4n) is 7.72. The molecule has 0 N–H and O–H groups in total. The van der Waals surface area contributed by atoms with Gasteiger partial charge in [0.15, 0.2) is 6.10 Å². The van der Waals surface area contributed by atoms with E-state index in [1.807, 2.05) is 0 Å². The zero-order chi connectivity index (χ0) is 47.7. The molecule has 0 rings (SSSR count). The van der Waals surface area contributed by atoms with E-state index in [0.717, 1.165) is 57.8 Å². The molecule has 0 fully saturated rings. The molecule has 0 aromatic carbocycles. The van der Waals surface area contributed by atoms with Crippen LogP contribution in [-0.2, 0) is 28.6 Å². The van der Waals surface area contributed by atoms with Gasteiger partial charge in [-0.25, -0.2) is 0 Å². The molecule has 0 radical (unpaired) electrons. The molecule has 0 amide bonds. The number of unbranched alkanes of at least 4 members (excludes halogenated alkanes) is 25. The minimum Gasteiger partial charge on any atom is -0.544 e. The van der Waals surface area contributed by atoms with Gasteiger partial charge >= 0.3 is 11.9 Å². The van der Waals surface area contributed by atoms with Crippen molar-refractivity contribution in [1.82, 2.24) is 0 Å². The number of esters is 2. The van der Waals surface area contributed by atoms with Crippen LogP contribution in [0.3, 0.4) is 0 Å². The van der Waals surface area contributed by atoms with Gasteiger partial charge in [0.05, 0.1) is 40.3 Å². The molecule has 2 unspecified atom stereocenters. The van der Waals surface area contributed by atoms with Crippen LogP contribution in [0.2, 0.25) is 0 Å². The average Bonchev–Trinajstić information content (AvgIpc) is 3.27. The van der Waals surface area contributed by atoms with Crippen molar-refractivity contribution < 1.29 is 38.2 Å². The predicted molar refractivity (Wildman–Crippen MR) is 273 cm³/mol. The number of quaternary nitrogens is 1. The molecule has 0 aliphatic rings. The van der Waals surface area contributed by atoms with E-state index in [1.165, 1.54) is 141 Å². The number of carboxylic acids is 1. The van der Waals surface area contributed by atoms with Gasteiger partial charge in [-0.1, -0.05) is 197 Å². The first-order valence-corrected chi connectivity index (χ1v) is 26.8. The lowest BCUT2D eigenvalue weighted by molar-refractivity contribution is -0.889. The van der Waals surface area contributed by atoms with Crippen LogP contribution in [0.25, 0.3) is 0 Å². The lowest BCUT2D eigenvalue weighted by Crippen LogP contribution is -2.55. The Hall–Kier alpha value is -2.97. The van der Waals surface area contributed by atoms with Gasteiger partial charge in [0.25, 0.3) is 0 Å². The topological polar surface area (TPSA) is 102 Å². The minimum absolute atomic E-state index is 0.0367. The monoisotopic (exact) mass is 912 g/mol. The lowest BCUT2D eigenvalue weighted by atomic mass is 10.1. The Morgan fingerprint density at radius 1 is 0.477 bits per heavy atom. The summed E-state index contributed by atoms with van der Waals surface area (Å²) in [5, 5.41) is 11.7. The van der Waals surface area contributed by atoms with Crippen LogP contribution in [-0.4, -0.2) is 75.5 Å². The molecule has 65 heavy (non-hydrogen) atoms. The van der Waals surface area contributed by atoms with Crippen LogP contribution < -0.4 is 5.11 Å². The van der Waals surface area contributed by atoms with Crippen LogP contribution in [0.1, 0.15) is 232 Å². The van der Waals surface area contributed by atoms with Crippen molar-refractivity contribution in [2.24, 2.45) is 0 Å². The summed E-state index contributed by atoms with van der Waals surface area (Å²) in [7, 11) is 5.42. The molecule has 8 heteroatoms. The number of aliphatic carboxylic acids is 1. The standard InChI is InChI=1S/C57H101NO7/c1-6-8-10-12-14-16-18-20-22-24-26-27-28-30-31-33-35-37-39-41-43-45-47-55(59)64-52-53(51-63-50-49-54(57(61)62)58(3,4)5)65-56(60)48-46-44-42-40-38-36-34-32-29-25-23-21-19-17-15-13-11-9-7-2/h14-17,19-22,26-27,53-54H,6-13,18,23-25,28-52H2,1-5H3/b16-14+,17-15+,21-19+,22-20+,27-26+. The quantitative estimate of drug-likeness (QED) is 0.0197. The molecule has 0 aromatic heterocycles. The number of carbonyl (C=O) groups is 3. The second kappa shape index (κ2) is 47.5. The van der Waals surface area contributed by atoms with E-state index >= 15 is 0 Å². The molecule has 0 saturated carbocycles. The van der Waals surface area contributed by atoms with Crippen LogP contribution in [0, 0.1) is 0 Å². The Morgan fingerprint density at radius 3 is 1.29 bits per heavy atom. The molecule has 2 atom stereocenters. The summed E-state index contributed by atoms with van der Waals surface area (Å²) in [6.45, 7) is 4.62. The highest BCUT2D eigenvalue weighted by Crippen LogP contribution is 2.15. The largest absolute Gasteiger partial charge is 0.544 e. The summed E-state index contributed by atoms with van der Waals surface area (Å²) in [5.74, 6) is -1.74. The minimum atomic E-state index is -1.13. The van der Waals surface area contributed by atoms with E-state index in [-0.39, 0.29) is 42.7 Å². The molecule has 0 heterocycles. The number of hydrogen-bond donors (Lipinski definition) is 0. The van der Waals surface area contributed by atoms with Gasteiger partial charge in [0.2, 0.25) is 0 Å². The Labute approximate surface area is 400 Å². The van der Waals surface area contributed by atoms with Gasteiger partial charge in [-0.15, -0.1) is 0 Å². The highest BCUT2D eigenvalue weighted by molar-refractivity contribution is 5.70. The predicted octanol–water partition coefficient (Wildman–Crippen LogP) is 14.4. The van der Waals surface area contributed by atoms with Crippen LogP contribution >= 0.6 is 0 Å². The number of carbonyl (C=O) groups excluding carboxylic acids is 3. The van der Waals surface area contributed by atoms with Gasteiger partial charge in [-0.3, -0.25) is 9.59 Å². The van der Waals surface area contributed by atoms with E-state index in [2.05, 4.69) is 74.6 Å². The Morgan fingerprint density at radius 2 is 0.862 bits per heavy atom. The summed E-state index contributed by atoms with van der Waals surface area (Å²) in [4.78, 5) is 37.1. The third kappa shape index (κ3) is 46.0. The number of rotatable bonds is 48. The maximum Gasteiger partial charge on any atom is 0.306 e. The highest BCUT2D eigenvalue weighted by Gasteiger charge is 2.25. The van der Waals surface area contributed by atoms with Gasteiger partial charge < -0.3 is 28.6 Å². The summed E-state index contributed by atoms with van der Waals surface area (Å²) in [6.07, 6.45) is 59.6. The van der Waals surface area contributed by atoms with Gasteiger partial charge in [0, 0.05) is 19.3 Å². The summed E-state index contributed by atoms with van der Waals surface area (Å²) in [5.41, 5.74) is 0. The SMILES string of the molecule is CCCCC/C=C/C=C/CCCCCCCCCCCCC(=O)OC(COCCC(C(=O)[O-])[N+](C)(C)C)COC(=O)CCCCCCCCCCC/C=C/C/C=C/C/C=C/CCCCC. The van der Waals surface area contributed by atoms with Gasteiger partial charge in [-0.2, -0.15) is 0 Å². The van der Waals surface area contributed by atoms with Crippen molar-refractivity contribution in [3.8, 4) is 0 Å². The molecule has 0 aromatic rings. The summed E-state index contributed by atoms with van der Waals surface area (Å²) in [6, 6.07) is -0.730. The van der Waals surface area contributed by atoms with Gasteiger partial charge in [0.1, 0.15) is 12.6 Å². The van der Waals surface area contributed by atoms with Crippen molar-refractivity contribution >= 4 is 17.9 Å². The van der Waals surface area contributed by atoms with Crippen molar-refractivity contribution in [2.45, 2.75) is 244 Å². The van der Waals surface area contributed by atoms with E-state index in [1.54, 1.807) is 21.1 Å². The number of allylic oxidation sites excluding steroid dienone is 10. The highest BCUT2D eigenvalue weighted by atomic mass is 16.6. The molecular formula is C57H101NO7. The van der Waals surface area contributed by atoms with Crippen LogP contribution in [0.15, 0.2) is 60.8 Å². The molecule has 0 saturated heterocycles. The lowest BCUT2D eigenvalue weighted by Gasteiger charge is -2.34. The van der Waals surface area contributed by atoms with Gasteiger partial charge in [-0.05, 0) is 77.0 Å². The number of hydrogen-bond acceptors (Lipinski definition) is 7. The summed E-state index contributed by atoms with van der Waals surface area (Å²) < 4.78 is 17.3. The van der Waals surface area contributed by atoms with E-state index in [0.29, 0.717) is 12.8 Å². The van der Waals surface area contributed by atoms with E-state index < -0.39 is 18.1 Å². The maximum atomic E-state index is 12.8. The van der Waals surface area contributed by atoms with Crippen molar-refractivity contribution in [2.75, 3.05) is 41.0 Å². The first-order chi connectivity index (χ1) is 31.6. The molecule has 0 bridgehead atoms. The number of nitrogens with zero attached hydrogens (tertiary/aromatic N) is 1. The Bertz CT molecular complexity index is 1250. The van der Waals surface area contributed by atoms with E-state index in [9.17, 15) is 19.5 Å². The molecule has 0 aliphatic heterocycles. The molecule has 376 valence electrons. The smallest absolute Gasteiger partial charge is 0.306 e. The maximum absolute atomic E-state index is 12.8. The Kier molecular flexibility index (Phi) is 45.3.